The number of amides is 1. The quantitative estimate of drug-likeness (QED) is 0.843. The second-order valence-corrected chi connectivity index (χ2v) is 4.80. The molecule has 4 nitrogen and oxygen atoms in total. The molecule has 0 aliphatic rings. The first kappa shape index (κ1) is 14.2. The van der Waals surface area contributed by atoms with Gasteiger partial charge in [0.15, 0.2) is 0 Å². The van der Waals surface area contributed by atoms with Crippen LogP contribution in [0.4, 0.5) is 14.9 Å². The molecular weight excluding hydrogens is 237 g/mol. The van der Waals surface area contributed by atoms with Crippen LogP contribution in [0.2, 0.25) is 0 Å². The van der Waals surface area contributed by atoms with Gasteiger partial charge in [-0.25, -0.2) is 9.18 Å². The minimum atomic E-state index is -0.648. The van der Waals surface area contributed by atoms with Gasteiger partial charge in [-0.3, -0.25) is 5.32 Å². The number of aldehydes is 1. The highest BCUT2D eigenvalue weighted by molar-refractivity contribution is 5.84. The number of nitrogens with one attached hydrogen (secondary N) is 1. The number of carbonyl (C=O) groups is 2. The van der Waals surface area contributed by atoms with E-state index in [1.165, 1.54) is 12.1 Å². The van der Waals surface area contributed by atoms with Crippen molar-refractivity contribution in [3.8, 4) is 0 Å². The Labute approximate surface area is 105 Å². The van der Waals surface area contributed by atoms with Crippen LogP contribution >= 0.6 is 0 Å². The third-order valence-corrected chi connectivity index (χ3v) is 2.00. The van der Waals surface area contributed by atoms with E-state index in [9.17, 15) is 14.0 Å². The summed E-state index contributed by atoms with van der Waals surface area (Å²) in [4.78, 5) is 21.7. The smallest absolute Gasteiger partial charge is 0.412 e. The maximum atomic E-state index is 13.5. The van der Waals surface area contributed by atoms with E-state index >= 15 is 0 Å². The summed E-state index contributed by atoms with van der Waals surface area (Å²) in [6, 6.07) is 4.13. The highest BCUT2D eigenvalue weighted by Gasteiger charge is 2.16. The molecule has 1 aromatic rings. The molecule has 98 valence electrons. The Morgan fingerprint density at radius 3 is 2.61 bits per heavy atom. The number of anilines is 1. The second kappa shape index (κ2) is 5.62. The molecule has 0 aliphatic heterocycles. The summed E-state index contributed by atoms with van der Waals surface area (Å²) in [5.74, 6) is -0.532. The Bertz CT molecular complexity index is 452. The van der Waals surface area contributed by atoms with Crippen LogP contribution in [-0.2, 0) is 16.0 Å². The number of halogens is 1. The molecule has 0 spiro atoms. The normalized spacial score (nSPS) is 10.9. The lowest BCUT2D eigenvalue weighted by atomic mass is 10.1. The summed E-state index contributed by atoms with van der Waals surface area (Å²) in [6.07, 6.45) is -0.0113. The van der Waals surface area contributed by atoms with Crippen LogP contribution in [0.15, 0.2) is 18.2 Å². The Morgan fingerprint density at radius 1 is 1.44 bits per heavy atom. The molecule has 0 aliphatic carbocycles. The molecule has 1 aromatic carbocycles. The topological polar surface area (TPSA) is 55.4 Å². The van der Waals surface area contributed by atoms with Gasteiger partial charge in [-0.1, -0.05) is 6.07 Å². The zero-order valence-electron chi connectivity index (χ0n) is 10.6. The van der Waals surface area contributed by atoms with Gasteiger partial charge in [0.1, 0.15) is 17.7 Å². The van der Waals surface area contributed by atoms with Gasteiger partial charge in [0.05, 0.1) is 0 Å². The fraction of sp³-hybridized carbons (Fsp3) is 0.385. The van der Waals surface area contributed by atoms with E-state index in [1.807, 2.05) is 0 Å². The zero-order valence-corrected chi connectivity index (χ0v) is 10.6. The Kier molecular flexibility index (Phi) is 4.42. The minimum absolute atomic E-state index is 0.0125. The third-order valence-electron chi connectivity index (χ3n) is 2.00. The lowest BCUT2D eigenvalue weighted by Gasteiger charge is -2.19. The average Bonchev–Trinajstić information content (AvgIpc) is 2.19. The molecule has 0 saturated heterocycles. The molecule has 0 fully saturated rings. The van der Waals surface area contributed by atoms with Crippen molar-refractivity contribution in [2.24, 2.45) is 0 Å². The summed E-state index contributed by atoms with van der Waals surface area (Å²) in [5, 5.41) is 2.42. The highest BCUT2D eigenvalue weighted by Crippen LogP contribution is 2.16. The molecule has 0 aromatic heterocycles. The average molecular weight is 253 g/mol. The zero-order chi connectivity index (χ0) is 13.8. The van der Waals surface area contributed by atoms with E-state index in [-0.39, 0.29) is 12.1 Å². The summed E-state index contributed by atoms with van der Waals surface area (Å²) in [6.45, 7) is 5.21. The Hall–Kier alpha value is -1.91. The maximum Gasteiger partial charge on any atom is 0.412 e. The molecule has 5 heteroatoms. The molecule has 1 rings (SSSR count). The van der Waals surface area contributed by atoms with Crippen LogP contribution in [0.3, 0.4) is 0 Å². The van der Waals surface area contributed by atoms with E-state index in [0.717, 1.165) is 6.07 Å². The van der Waals surface area contributed by atoms with E-state index in [1.54, 1.807) is 20.8 Å². The van der Waals surface area contributed by atoms with Gasteiger partial charge in [-0.15, -0.1) is 0 Å². The molecule has 0 bridgehead atoms. The number of carbonyl (C=O) groups excluding carboxylic acids is 2. The first-order valence-electron chi connectivity index (χ1n) is 5.54. The van der Waals surface area contributed by atoms with Gasteiger partial charge in [-0.2, -0.15) is 0 Å². The molecule has 1 amide bonds. The van der Waals surface area contributed by atoms with Crippen LogP contribution < -0.4 is 5.32 Å². The Balaban J connectivity index is 2.71. The van der Waals surface area contributed by atoms with Crippen LogP contribution in [0, 0.1) is 5.82 Å². The molecule has 1 N–H and O–H groups in total. The summed E-state index contributed by atoms with van der Waals surface area (Å²) < 4.78 is 18.5. The van der Waals surface area contributed by atoms with E-state index < -0.39 is 17.5 Å². The van der Waals surface area contributed by atoms with Crippen molar-refractivity contribution in [3.63, 3.8) is 0 Å². The summed E-state index contributed by atoms with van der Waals surface area (Å²) in [5.41, 5.74) is -0.0313. The molecule has 0 heterocycles. The van der Waals surface area contributed by atoms with Crippen molar-refractivity contribution in [3.05, 3.63) is 29.6 Å². The van der Waals surface area contributed by atoms with Gasteiger partial charge in [-0.05, 0) is 38.5 Å². The molecule has 0 saturated carbocycles. The lowest BCUT2D eigenvalue weighted by molar-refractivity contribution is -0.107. The second-order valence-electron chi connectivity index (χ2n) is 4.80. The van der Waals surface area contributed by atoms with Crippen LogP contribution in [0.5, 0.6) is 0 Å². The fourth-order valence-electron chi connectivity index (χ4n) is 1.30. The highest BCUT2D eigenvalue weighted by atomic mass is 19.1. The lowest BCUT2D eigenvalue weighted by Crippen LogP contribution is -2.27. The number of hydrogen-bond acceptors (Lipinski definition) is 3. The van der Waals surface area contributed by atoms with Crippen molar-refractivity contribution in [2.75, 3.05) is 5.32 Å². The number of benzene rings is 1. The molecule has 0 unspecified atom stereocenters. The largest absolute Gasteiger partial charge is 0.444 e. The van der Waals surface area contributed by atoms with E-state index in [4.69, 9.17) is 4.74 Å². The number of ether oxygens (including phenoxy) is 1. The molecular formula is C13H16FNO3. The van der Waals surface area contributed by atoms with Crippen LogP contribution in [-0.4, -0.2) is 18.0 Å². The van der Waals surface area contributed by atoms with E-state index in [2.05, 4.69) is 5.32 Å². The molecule has 0 radical (unpaired) electrons. The van der Waals surface area contributed by atoms with Gasteiger partial charge in [0.2, 0.25) is 0 Å². The Morgan fingerprint density at radius 2 is 2.11 bits per heavy atom. The summed E-state index contributed by atoms with van der Waals surface area (Å²) in [7, 11) is 0. The number of rotatable bonds is 3. The number of hydrogen-bond donors (Lipinski definition) is 1. The predicted molar refractivity (Wildman–Crippen MR) is 66.0 cm³/mol. The third kappa shape index (κ3) is 4.53. The first-order chi connectivity index (χ1) is 8.31. The van der Waals surface area contributed by atoms with Crippen molar-refractivity contribution >= 4 is 18.1 Å². The minimum Gasteiger partial charge on any atom is -0.444 e. The van der Waals surface area contributed by atoms with Crippen molar-refractivity contribution < 1.29 is 18.7 Å². The standard InChI is InChI=1S/C13H16FNO3/c1-13(2,3)18-12(17)15-10-5-4-9(6-7-16)11(14)8-10/h4-5,7-8H,6H2,1-3H3,(H,15,17). The monoisotopic (exact) mass is 253 g/mol. The van der Waals surface area contributed by atoms with Crippen molar-refractivity contribution in [2.45, 2.75) is 32.8 Å². The first-order valence-corrected chi connectivity index (χ1v) is 5.54. The van der Waals surface area contributed by atoms with Gasteiger partial charge >= 0.3 is 6.09 Å². The molecule has 18 heavy (non-hydrogen) atoms. The molecule has 0 atom stereocenters. The fourth-order valence-corrected chi connectivity index (χ4v) is 1.30. The van der Waals surface area contributed by atoms with Crippen LogP contribution in [0.25, 0.3) is 0 Å². The van der Waals surface area contributed by atoms with Crippen LogP contribution in [0.1, 0.15) is 26.3 Å². The van der Waals surface area contributed by atoms with Crippen molar-refractivity contribution in [1.29, 1.82) is 0 Å². The van der Waals surface area contributed by atoms with E-state index in [0.29, 0.717) is 11.8 Å². The van der Waals surface area contributed by atoms with Gasteiger partial charge in [0, 0.05) is 12.1 Å². The SMILES string of the molecule is CC(C)(C)OC(=O)Nc1ccc(CC=O)c(F)c1. The predicted octanol–water partition coefficient (Wildman–Crippen LogP) is 2.91. The van der Waals surface area contributed by atoms with Gasteiger partial charge < -0.3 is 9.53 Å². The van der Waals surface area contributed by atoms with Gasteiger partial charge in [0.25, 0.3) is 0 Å². The van der Waals surface area contributed by atoms with Crippen molar-refractivity contribution in [1.82, 2.24) is 0 Å². The maximum absolute atomic E-state index is 13.5. The summed E-state index contributed by atoms with van der Waals surface area (Å²) >= 11 is 0.